The lowest BCUT2D eigenvalue weighted by molar-refractivity contribution is 0.280. The van der Waals surface area contributed by atoms with E-state index in [9.17, 15) is 0 Å². The summed E-state index contributed by atoms with van der Waals surface area (Å²) in [6, 6.07) is 0. The highest BCUT2D eigenvalue weighted by Crippen LogP contribution is 2.52. The summed E-state index contributed by atoms with van der Waals surface area (Å²) in [6.07, 6.45) is 5.72. The zero-order valence-corrected chi connectivity index (χ0v) is 9.53. The average Bonchev–Trinajstić information content (AvgIpc) is 2.39. The summed E-state index contributed by atoms with van der Waals surface area (Å²) in [5, 5.41) is 1.52. The van der Waals surface area contributed by atoms with Crippen LogP contribution in [0, 0.1) is 5.92 Å². The summed E-state index contributed by atoms with van der Waals surface area (Å²) >= 11 is 7.75. The third-order valence-electron chi connectivity index (χ3n) is 3.38. The van der Waals surface area contributed by atoms with Crippen LogP contribution < -0.4 is 0 Å². The zero-order valence-electron chi connectivity index (χ0n) is 7.96. The number of hydrogen-bond acceptors (Lipinski definition) is 3. The van der Waals surface area contributed by atoms with Crippen molar-refractivity contribution in [1.29, 1.82) is 0 Å². The van der Waals surface area contributed by atoms with E-state index >= 15 is 0 Å². The van der Waals surface area contributed by atoms with Gasteiger partial charge in [0.2, 0.25) is 0 Å². The van der Waals surface area contributed by atoms with Crippen LogP contribution in [-0.4, -0.2) is 16.2 Å². The maximum Gasteiger partial charge on any atom is 0.188 e. The first-order chi connectivity index (χ1) is 6.79. The Labute approximate surface area is 92.5 Å². The molecule has 3 rings (SSSR count). The Morgan fingerprint density at radius 2 is 2.21 bits per heavy atom. The number of fused-ring (bicyclic) bond motifs is 3. The van der Waals surface area contributed by atoms with Crippen LogP contribution in [0.25, 0.3) is 0 Å². The summed E-state index contributed by atoms with van der Waals surface area (Å²) in [4.78, 5) is 8.84. The molecule has 1 heterocycles. The molecule has 2 aliphatic carbocycles. The molecule has 14 heavy (non-hydrogen) atoms. The van der Waals surface area contributed by atoms with E-state index < -0.39 is 0 Å². The van der Waals surface area contributed by atoms with Gasteiger partial charge in [-0.05, 0) is 37.4 Å². The van der Waals surface area contributed by atoms with Crippen molar-refractivity contribution in [2.45, 2.75) is 30.3 Å². The molecule has 74 valence electrons. The van der Waals surface area contributed by atoms with Gasteiger partial charge < -0.3 is 0 Å². The number of thioether (sulfide) groups is 1. The molecular formula is C10H11ClN2S. The van der Waals surface area contributed by atoms with Gasteiger partial charge in [-0.2, -0.15) is 0 Å². The Morgan fingerprint density at radius 3 is 2.86 bits per heavy atom. The average molecular weight is 227 g/mol. The summed E-state index contributed by atoms with van der Waals surface area (Å²) in [5.74, 6) is 1.49. The molecule has 0 saturated heterocycles. The molecule has 2 nitrogen and oxygen atoms in total. The third kappa shape index (κ3) is 1.12. The van der Waals surface area contributed by atoms with E-state index in [1.165, 1.54) is 24.1 Å². The molecule has 1 aromatic rings. The van der Waals surface area contributed by atoms with E-state index in [0.29, 0.717) is 11.1 Å². The molecule has 0 aromatic carbocycles. The molecular weight excluding hydrogens is 216 g/mol. The number of hydrogen-bond donors (Lipinski definition) is 0. The minimum atomic E-state index is 0.674. The van der Waals surface area contributed by atoms with Gasteiger partial charge in [0.1, 0.15) is 5.15 Å². The van der Waals surface area contributed by atoms with Crippen molar-refractivity contribution >= 4 is 23.4 Å². The molecule has 1 saturated carbocycles. The van der Waals surface area contributed by atoms with Crippen LogP contribution in [0.1, 0.15) is 30.0 Å². The maximum atomic E-state index is 6.18. The topological polar surface area (TPSA) is 25.8 Å². The van der Waals surface area contributed by atoms with Gasteiger partial charge in [0.15, 0.2) is 5.16 Å². The fourth-order valence-corrected chi connectivity index (χ4v) is 3.28. The Bertz CT molecular complexity index is 394. The zero-order chi connectivity index (χ0) is 9.71. The van der Waals surface area contributed by atoms with Crippen molar-refractivity contribution in [3.05, 3.63) is 16.4 Å². The van der Waals surface area contributed by atoms with Crippen molar-refractivity contribution in [1.82, 2.24) is 9.97 Å². The lowest BCUT2D eigenvalue weighted by atomic mass is 9.74. The van der Waals surface area contributed by atoms with E-state index in [4.69, 9.17) is 11.6 Å². The number of halogens is 1. The second-order valence-electron chi connectivity index (χ2n) is 4.01. The predicted octanol–water partition coefficient (Wildman–Crippen LogP) is 2.90. The standard InChI is InChI=1S/C10H11ClN2S/c1-14-10-12-7-4-5-2-3-6(5)8(7)9(11)13-10/h5-6H,2-4H2,1H3/t5-,6-/m0/s1. The molecule has 0 amide bonds. The first-order valence-electron chi connectivity index (χ1n) is 4.90. The minimum Gasteiger partial charge on any atom is -0.227 e. The van der Waals surface area contributed by atoms with Gasteiger partial charge in [-0.1, -0.05) is 23.4 Å². The highest BCUT2D eigenvalue weighted by molar-refractivity contribution is 7.98. The molecule has 0 aliphatic heterocycles. The predicted molar refractivity (Wildman–Crippen MR) is 58.0 cm³/mol. The summed E-state index contributed by atoms with van der Waals surface area (Å²) in [5.41, 5.74) is 2.46. The van der Waals surface area contributed by atoms with Crippen molar-refractivity contribution in [3.8, 4) is 0 Å². The highest BCUT2D eigenvalue weighted by Gasteiger charge is 2.42. The highest BCUT2D eigenvalue weighted by atomic mass is 35.5. The van der Waals surface area contributed by atoms with Gasteiger partial charge in [0, 0.05) is 5.56 Å². The number of rotatable bonds is 1. The van der Waals surface area contributed by atoms with Crippen molar-refractivity contribution < 1.29 is 0 Å². The number of aromatic nitrogens is 2. The van der Waals surface area contributed by atoms with Crippen LogP contribution in [-0.2, 0) is 6.42 Å². The van der Waals surface area contributed by atoms with E-state index in [1.807, 2.05) is 6.26 Å². The summed E-state index contributed by atoms with van der Waals surface area (Å²) < 4.78 is 0. The molecule has 0 unspecified atom stereocenters. The Kier molecular flexibility index (Phi) is 1.99. The van der Waals surface area contributed by atoms with Crippen LogP contribution in [0.15, 0.2) is 5.16 Å². The largest absolute Gasteiger partial charge is 0.227 e. The first kappa shape index (κ1) is 8.98. The molecule has 0 radical (unpaired) electrons. The molecule has 1 aromatic heterocycles. The van der Waals surface area contributed by atoms with Gasteiger partial charge in [0.25, 0.3) is 0 Å². The van der Waals surface area contributed by atoms with Crippen molar-refractivity contribution in [2.24, 2.45) is 5.92 Å². The molecule has 2 atom stereocenters. The Hall–Kier alpha value is -0.280. The van der Waals surface area contributed by atoms with Crippen LogP contribution >= 0.6 is 23.4 Å². The van der Waals surface area contributed by atoms with Crippen LogP contribution in [0.4, 0.5) is 0 Å². The van der Waals surface area contributed by atoms with E-state index in [-0.39, 0.29) is 0 Å². The van der Waals surface area contributed by atoms with Crippen molar-refractivity contribution in [3.63, 3.8) is 0 Å². The Balaban J connectivity index is 2.11. The van der Waals surface area contributed by atoms with Crippen LogP contribution in [0.5, 0.6) is 0 Å². The smallest absolute Gasteiger partial charge is 0.188 e. The summed E-state index contributed by atoms with van der Waals surface area (Å²) in [6.45, 7) is 0. The van der Waals surface area contributed by atoms with Crippen LogP contribution in [0.2, 0.25) is 5.15 Å². The van der Waals surface area contributed by atoms with Crippen molar-refractivity contribution in [2.75, 3.05) is 6.26 Å². The van der Waals surface area contributed by atoms with Gasteiger partial charge >= 0.3 is 0 Å². The van der Waals surface area contributed by atoms with Gasteiger partial charge in [-0.15, -0.1) is 0 Å². The van der Waals surface area contributed by atoms with Gasteiger partial charge in [-0.25, -0.2) is 9.97 Å². The van der Waals surface area contributed by atoms with Gasteiger partial charge in [0.05, 0.1) is 5.69 Å². The lowest BCUT2D eigenvalue weighted by Crippen LogP contribution is -2.19. The number of nitrogens with zero attached hydrogens (tertiary/aromatic N) is 2. The fourth-order valence-electron chi connectivity index (χ4n) is 2.52. The quantitative estimate of drug-likeness (QED) is 0.418. The Morgan fingerprint density at radius 1 is 1.36 bits per heavy atom. The molecule has 0 bridgehead atoms. The monoisotopic (exact) mass is 226 g/mol. The van der Waals surface area contributed by atoms with E-state index in [2.05, 4.69) is 9.97 Å². The second kappa shape index (κ2) is 3.11. The molecule has 4 heteroatoms. The third-order valence-corrected chi connectivity index (χ3v) is 4.22. The van der Waals surface area contributed by atoms with Gasteiger partial charge in [-0.3, -0.25) is 0 Å². The van der Waals surface area contributed by atoms with E-state index in [1.54, 1.807) is 11.8 Å². The first-order valence-corrected chi connectivity index (χ1v) is 6.50. The normalized spacial score (nSPS) is 28.1. The second-order valence-corrected chi connectivity index (χ2v) is 5.14. The fraction of sp³-hybridized carbons (Fsp3) is 0.600. The van der Waals surface area contributed by atoms with E-state index in [0.717, 1.165) is 17.5 Å². The molecule has 1 fully saturated rings. The minimum absolute atomic E-state index is 0.674. The molecule has 0 N–H and O–H groups in total. The lowest BCUT2D eigenvalue weighted by Gasteiger charge is -2.30. The molecule has 0 spiro atoms. The SMILES string of the molecule is CSc1nc(Cl)c2c(n1)C[C@@H]1CC[C@H]21. The molecule has 2 aliphatic rings. The van der Waals surface area contributed by atoms with Crippen LogP contribution in [0.3, 0.4) is 0 Å². The maximum absolute atomic E-state index is 6.18. The summed E-state index contributed by atoms with van der Waals surface area (Å²) in [7, 11) is 0.